The van der Waals surface area contributed by atoms with E-state index in [4.69, 9.17) is 13.6 Å². The van der Waals surface area contributed by atoms with Crippen LogP contribution in [0.4, 0.5) is 12.6 Å². The first kappa shape index (κ1) is 28.6. The first-order valence-corrected chi connectivity index (χ1v) is 15.8. The largest absolute Gasteiger partial charge is 0.578 e. The van der Waals surface area contributed by atoms with Gasteiger partial charge in [-0.15, -0.1) is 4.20 Å². The molecule has 0 saturated carbocycles. The number of allylic oxidation sites excluding steroid dienone is 2. The van der Waals surface area contributed by atoms with Crippen LogP contribution in [0.2, 0.25) is 0 Å². The molecular weight excluding hydrogens is 536 g/mol. The number of ketones is 2. The van der Waals surface area contributed by atoms with Crippen molar-refractivity contribution in [3.63, 3.8) is 0 Å². The third-order valence-corrected chi connectivity index (χ3v) is 11.9. The molecule has 194 valence electrons. The summed E-state index contributed by atoms with van der Waals surface area (Å²) in [6.45, 7) is 3.46. The number of rotatable bonds is 8. The van der Waals surface area contributed by atoms with Crippen molar-refractivity contribution in [2.75, 3.05) is 13.2 Å². The zero-order valence-corrected chi connectivity index (χ0v) is 22.3. The first-order valence-electron chi connectivity index (χ1n) is 11.1. The van der Waals surface area contributed by atoms with E-state index < -0.39 is 23.9 Å². The Kier molecular flexibility index (Phi) is 9.95. The lowest BCUT2D eigenvalue weighted by Gasteiger charge is -2.24. The summed E-state index contributed by atoms with van der Waals surface area (Å²) in [5, 5.41) is 0. The molecule has 2 N–H and O–H groups in total. The number of carbonyl (C=O) groups is 2. The van der Waals surface area contributed by atoms with E-state index in [0.29, 0.717) is 24.0 Å². The number of halogens is 3. The number of nitrogens with one attached hydrogen (secondary N) is 2. The van der Waals surface area contributed by atoms with Crippen LogP contribution in [0.3, 0.4) is 0 Å². The SMILES string of the molecule is CCCO[P+]1(F)N=P(F)(Oc2ccccc2)N[P+](F)(OCCC)N1.O=C1C=CC(=O)c2ccccc21. The van der Waals surface area contributed by atoms with Crippen molar-refractivity contribution in [2.24, 2.45) is 4.52 Å². The maximum absolute atomic E-state index is 15.1. The fraction of sp³-hybridized carbons (Fsp3) is 0.273. The van der Waals surface area contributed by atoms with E-state index in [1.807, 2.05) is 9.72 Å². The molecule has 8 nitrogen and oxygen atoms in total. The van der Waals surface area contributed by atoms with E-state index in [0.717, 1.165) is 0 Å². The van der Waals surface area contributed by atoms with Gasteiger partial charge in [-0.25, -0.2) is 0 Å². The van der Waals surface area contributed by atoms with Crippen molar-refractivity contribution in [2.45, 2.75) is 26.7 Å². The quantitative estimate of drug-likeness (QED) is 0.315. The molecule has 4 rings (SSSR count). The maximum Gasteiger partial charge on any atom is 0.578 e. The van der Waals surface area contributed by atoms with Gasteiger partial charge in [0.2, 0.25) is 0 Å². The summed E-state index contributed by atoms with van der Waals surface area (Å²) in [5.74, 6) is -0.0778. The number of fused-ring (bicyclic) bond motifs is 1. The van der Waals surface area contributed by atoms with Gasteiger partial charge in [-0.2, -0.15) is 9.05 Å². The molecule has 0 bridgehead atoms. The predicted octanol–water partition coefficient (Wildman–Crippen LogP) is 7.94. The van der Waals surface area contributed by atoms with Gasteiger partial charge in [0, 0.05) is 24.0 Å². The fourth-order valence-electron chi connectivity index (χ4n) is 2.97. The van der Waals surface area contributed by atoms with Gasteiger partial charge in [-0.3, -0.25) is 9.59 Å². The van der Waals surface area contributed by atoms with Gasteiger partial charge in [0.25, 0.3) is 0 Å². The Morgan fingerprint density at radius 2 is 1.39 bits per heavy atom. The zero-order chi connectivity index (χ0) is 26.2. The lowest BCUT2D eigenvalue weighted by Crippen LogP contribution is -2.29. The molecule has 2 aliphatic rings. The molecule has 2 aromatic carbocycles. The van der Waals surface area contributed by atoms with Crippen molar-refractivity contribution in [3.05, 3.63) is 77.9 Å². The van der Waals surface area contributed by atoms with Crippen molar-refractivity contribution in [1.29, 1.82) is 0 Å². The van der Waals surface area contributed by atoms with Crippen LogP contribution in [0, 0.1) is 0 Å². The standard InChI is InChI=1S/C12H21F3N3O3P3.C10H6O2/c1-3-10-19-22(13)16-23(14,20-11-4-2)18-24(15,17-22)21-12-8-6-5-7-9-12;11-9-5-6-10(12)8-4-2-1-3-7(8)9/h5-9,16-17H,3-4,10-11H2,1-2H3;1-6H/q+2;. The normalized spacial score (nSPS) is 26.9. The van der Waals surface area contributed by atoms with Gasteiger partial charge >= 0.3 is 23.9 Å². The summed E-state index contributed by atoms with van der Waals surface area (Å²) >= 11 is 0. The molecule has 1 aliphatic heterocycles. The molecule has 0 saturated heterocycles. The Morgan fingerprint density at radius 3 is 1.94 bits per heavy atom. The van der Waals surface area contributed by atoms with Gasteiger partial charge in [0.15, 0.2) is 11.6 Å². The number of nitrogens with zero attached hydrogens (tertiary/aromatic N) is 1. The highest BCUT2D eigenvalue weighted by atomic mass is 31.3. The second-order valence-corrected chi connectivity index (χ2v) is 13.6. The van der Waals surface area contributed by atoms with E-state index in [9.17, 15) is 18.0 Å². The number of benzene rings is 2. The van der Waals surface area contributed by atoms with E-state index in [-0.39, 0.29) is 30.5 Å². The zero-order valence-electron chi connectivity index (χ0n) is 19.6. The lowest BCUT2D eigenvalue weighted by atomic mass is 9.95. The molecule has 0 amide bonds. The molecule has 14 heteroatoms. The van der Waals surface area contributed by atoms with Crippen molar-refractivity contribution < 1.29 is 35.8 Å². The molecule has 1 heterocycles. The minimum atomic E-state index is -4.50. The maximum atomic E-state index is 15.1. The highest BCUT2D eigenvalue weighted by Crippen LogP contribution is 2.82. The van der Waals surface area contributed by atoms with E-state index in [1.165, 1.54) is 24.3 Å². The van der Waals surface area contributed by atoms with Gasteiger partial charge in [-0.05, 0) is 42.0 Å². The van der Waals surface area contributed by atoms with E-state index in [2.05, 4.69) is 4.52 Å². The minimum absolute atomic E-state index is 0.0105. The molecule has 36 heavy (non-hydrogen) atoms. The fourth-order valence-corrected chi connectivity index (χ4v) is 10.8. The van der Waals surface area contributed by atoms with Gasteiger partial charge < -0.3 is 4.52 Å². The highest BCUT2D eigenvalue weighted by molar-refractivity contribution is 7.88. The topological polar surface area (TPSA) is 98.2 Å². The van der Waals surface area contributed by atoms with E-state index >= 15 is 4.20 Å². The Labute approximate surface area is 209 Å². The van der Waals surface area contributed by atoms with Crippen LogP contribution < -0.4 is 14.2 Å². The van der Waals surface area contributed by atoms with Crippen molar-refractivity contribution in [3.8, 4) is 5.75 Å². The third-order valence-electron chi connectivity index (χ3n) is 4.49. The van der Waals surface area contributed by atoms with Crippen LogP contribution >= 0.6 is 23.9 Å². The molecule has 0 aromatic heterocycles. The molecular formula is C22H27F3N3O5P3+2. The summed E-state index contributed by atoms with van der Waals surface area (Å²) in [6.07, 6.45) is 3.58. The predicted molar refractivity (Wildman–Crippen MR) is 137 cm³/mol. The van der Waals surface area contributed by atoms with Gasteiger partial charge in [0.05, 0.1) is 18.1 Å². The Bertz CT molecular complexity index is 1140. The molecule has 1 aliphatic carbocycles. The Hall–Kier alpha value is -1.96. The first-order chi connectivity index (χ1) is 17.1. The molecule has 0 fully saturated rings. The van der Waals surface area contributed by atoms with Crippen LogP contribution in [-0.2, 0) is 9.05 Å². The number of para-hydroxylation sites is 1. The van der Waals surface area contributed by atoms with Crippen LogP contribution in [0.5, 0.6) is 5.75 Å². The van der Waals surface area contributed by atoms with Crippen LogP contribution in [0.1, 0.15) is 47.4 Å². The van der Waals surface area contributed by atoms with Crippen LogP contribution in [-0.4, -0.2) is 24.8 Å². The average Bonchev–Trinajstić information content (AvgIpc) is 2.84. The molecule has 3 atom stereocenters. The number of hydrogen-bond acceptors (Lipinski definition) is 8. The van der Waals surface area contributed by atoms with E-state index in [1.54, 1.807) is 56.3 Å². The van der Waals surface area contributed by atoms with Crippen LogP contribution in [0.25, 0.3) is 0 Å². The molecule has 2 aromatic rings. The lowest BCUT2D eigenvalue weighted by molar-refractivity contribution is 0.0994. The summed E-state index contributed by atoms with van der Waals surface area (Å²) < 4.78 is 63.4. The number of hydrogen-bond donors (Lipinski definition) is 2. The van der Waals surface area contributed by atoms with Crippen molar-refractivity contribution in [1.82, 2.24) is 9.72 Å². The Morgan fingerprint density at radius 1 is 0.861 bits per heavy atom. The van der Waals surface area contributed by atoms with Crippen molar-refractivity contribution >= 4 is 35.5 Å². The highest BCUT2D eigenvalue weighted by Gasteiger charge is 2.71. The van der Waals surface area contributed by atoms with Crippen LogP contribution in [0.15, 0.2) is 71.3 Å². The molecule has 3 unspecified atom stereocenters. The summed E-state index contributed by atoms with van der Waals surface area (Å²) in [6, 6.07) is 14.7. The Balaban J connectivity index is 0.000000249. The summed E-state index contributed by atoms with van der Waals surface area (Å²) in [5.41, 5.74) is 1.01. The summed E-state index contributed by atoms with van der Waals surface area (Å²) in [7, 11) is -13.2. The molecule has 0 radical (unpaired) electrons. The smallest absolute Gasteiger partial charge is 0.420 e. The van der Waals surface area contributed by atoms with Gasteiger partial charge in [-0.1, -0.05) is 56.3 Å². The second kappa shape index (κ2) is 12.5. The minimum Gasteiger partial charge on any atom is -0.420 e. The van der Waals surface area contributed by atoms with Gasteiger partial charge in [0.1, 0.15) is 5.75 Å². The molecule has 0 spiro atoms. The second-order valence-electron chi connectivity index (χ2n) is 7.50. The number of carbonyl (C=O) groups excluding carboxylic acids is 2. The average molecular weight is 563 g/mol. The monoisotopic (exact) mass is 563 g/mol. The third kappa shape index (κ3) is 7.77. The summed E-state index contributed by atoms with van der Waals surface area (Å²) in [4.78, 5) is 26.4.